The fraction of sp³-hybridized carbons (Fsp3) is 0.500. The molecule has 1 aliphatic rings. The van der Waals surface area contributed by atoms with Gasteiger partial charge in [-0.2, -0.15) is 9.97 Å². The number of aromatic nitrogens is 6. The summed E-state index contributed by atoms with van der Waals surface area (Å²) in [4.78, 5) is 27.3. The van der Waals surface area contributed by atoms with Gasteiger partial charge in [-0.25, -0.2) is 9.50 Å². The summed E-state index contributed by atoms with van der Waals surface area (Å²) >= 11 is 0. The lowest BCUT2D eigenvalue weighted by atomic mass is 9.98. The normalized spacial score (nSPS) is 18.2. The van der Waals surface area contributed by atoms with E-state index in [-0.39, 0.29) is 23.6 Å². The molecule has 0 bridgehead atoms. The Morgan fingerprint density at radius 2 is 2.24 bits per heavy atom. The van der Waals surface area contributed by atoms with E-state index in [2.05, 4.69) is 25.2 Å². The number of carbonyl (C=O) groups is 1. The van der Waals surface area contributed by atoms with Gasteiger partial charge in [0.05, 0.1) is 5.92 Å². The molecule has 0 saturated carbocycles. The third-order valence-corrected chi connectivity index (χ3v) is 4.34. The molecule has 1 aliphatic heterocycles. The predicted molar refractivity (Wildman–Crippen MR) is 87.0 cm³/mol. The van der Waals surface area contributed by atoms with Crippen LogP contribution in [-0.4, -0.2) is 53.6 Å². The fourth-order valence-electron chi connectivity index (χ4n) is 2.98. The number of carbonyl (C=O) groups excluding carboxylic acids is 1. The molecule has 0 radical (unpaired) electrons. The van der Waals surface area contributed by atoms with Gasteiger partial charge < -0.3 is 9.42 Å². The van der Waals surface area contributed by atoms with Gasteiger partial charge in [-0.1, -0.05) is 19.0 Å². The molecule has 0 N–H and O–H groups in total. The minimum Gasteiger partial charge on any atom is -0.339 e. The SMILES string of the molecule is CC(C)c1noc([C@@H]2CCCN(C(=O)c3nc4ncccn4n3)C2)n1. The molecule has 0 unspecified atom stereocenters. The first kappa shape index (κ1) is 15.7. The average molecular weight is 341 g/mol. The van der Waals surface area contributed by atoms with Gasteiger partial charge in [-0.15, -0.1) is 5.10 Å². The Hall–Kier alpha value is -2.84. The minimum absolute atomic E-state index is 0.0489. The summed E-state index contributed by atoms with van der Waals surface area (Å²) in [6.07, 6.45) is 5.14. The standard InChI is InChI=1S/C16H19N7O2/c1-10(2)12-18-14(25-21-12)11-5-3-7-22(9-11)15(24)13-19-16-17-6-4-8-23(16)20-13/h4,6,8,10-11H,3,5,7,9H2,1-2H3/t11-/m1/s1. The summed E-state index contributed by atoms with van der Waals surface area (Å²) in [6, 6.07) is 1.74. The smallest absolute Gasteiger partial charge is 0.293 e. The van der Waals surface area contributed by atoms with E-state index in [0.717, 1.165) is 12.8 Å². The molecule has 4 rings (SSSR count). The van der Waals surface area contributed by atoms with E-state index in [9.17, 15) is 4.79 Å². The lowest BCUT2D eigenvalue weighted by molar-refractivity contribution is 0.0683. The molecular weight excluding hydrogens is 322 g/mol. The van der Waals surface area contributed by atoms with Crippen LogP contribution in [0.1, 0.15) is 60.9 Å². The third kappa shape index (κ3) is 2.97. The molecule has 9 heteroatoms. The second-order valence-electron chi connectivity index (χ2n) is 6.54. The highest BCUT2D eigenvalue weighted by Gasteiger charge is 2.31. The zero-order valence-electron chi connectivity index (χ0n) is 14.2. The van der Waals surface area contributed by atoms with Crippen molar-refractivity contribution in [2.24, 2.45) is 0 Å². The summed E-state index contributed by atoms with van der Waals surface area (Å²) in [7, 11) is 0. The second kappa shape index (κ2) is 6.23. The van der Waals surface area contributed by atoms with E-state index in [1.807, 2.05) is 13.8 Å². The molecule has 1 saturated heterocycles. The van der Waals surface area contributed by atoms with E-state index < -0.39 is 0 Å². The van der Waals surface area contributed by atoms with Crippen LogP contribution in [0.25, 0.3) is 5.78 Å². The van der Waals surface area contributed by atoms with E-state index in [1.165, 1.54) is 4.52 Å². The second-order valence-corrected chi connectivity index (χ2v) is 6.54. The van der Waals surface area contributed by atoms with Crippen LogP contribution in [-0.2, 0) is 0 Å². The van der Waals surface area contributed by atoms with E-state index >= 15 is 0 Å². The summed E-state index contributed by atoms with van der Waals surface area (Å²) in [6.45, 7) is 5.24. The molecule has 3 aromatic rings. The first-order chi connectivity index (χ1) is 12.1. The number of rotatable bonds is 3. The maximum Gasteiger partial charge on any atom is 0.293 e. The maximum atomic E-state index is 12.8. The van der Waals surface area contributed by atoms with Crippen LogP contribution >= 0.6 is 0 Å². The molecule has 0 aliphatic carbocycles. The Bertz CT molecular complexity index is 868. The van der Waals surface area contributed by atoms with Crippen molar-refractivity contribution in [1.82, 2.24) is 34.6 Å². The number of likely N-dealkylation sites (tertiary alicyclic amines) is 1. The molecule has 25 heavy (non-hydrogen) atoms. The predicted octanol–water partition coefficient (Wildman–Crippen LogP) is 1.65. The Morgan fingerprint density at radius 1 is 1.36 bits per heavy atom. The van der Waals surface area contributed by atoms with Crippen molar-refractivity contribution in [3.63, 3.8) is 0 Å². The summed E-state index contributed by atoms with van der Waals surface area (Å²) in [5, 5.41) is 8.24. The Balaban J connectivity index is 1.52. The van der Waals surface area contributed by atoms with Crippen LogP contribution in [0.2, 0.25) is 0 Å². The first-order valence-corrected chi connectivity index (χ1v) is 8.42. The largest absolute Gasteiger partial charge is 0.339 e. The molecule has 9 nitrogen and oxygen atoms in total. The summed E-state index contributed by atoms with van der Waals surface area (Å²) in [5.74, 6) is 1.95. The third-order valence-electron chi connectivity index (χ3n) is 4.34. The number of nitrogens with zero attached hydrogens (tertiary/aromatic N) is 7. The quantitative estimate of drug-likeness (QED) is 0.713. The van der Waals surface area contributed by atoms with Crippen LogP contribution in [0.4, 0.5) is 0 Å². The fourth-order valence-corrected chi connectivity index (χ4v) is 2.98. The highest BCUT2D eigenvalue weighted by molar-refractivity contribution is 5.91. The van der Waals surface area contributed by atoms with Crippen molar-refractivity contribution < 1.29 is 9.32 Å². The van der Waals surface area contributed by atoms with E-state index in [1.54, 1.807) is 23.4 Å². The topological polar surface area (TPSA) is 102 Å². The van der Waals surface area contributed by atoms with Crippen LogP contribution in [0.15, 0.2) is 23.0 Å². The number of hydrogen-bond donors (Lipinski definition) is 0. The molecule has 1 amide bonds. The number of hydrogen-bond acceptors (Lipinski definition) is 7. The number of amides is 1. The first-order valence-electron chi connectivity index (χ1n) is 8.42. The molecule has 0 spiro atoms. The molecule has 1 fully saturated rings. The zero-order chi connectivity index (χ0) is 17.4. The van der Waals surface area contributed by atoms with Gasteiger partial charge in [0.2, 0.25) is 11.7 Å². The van der Waals surface area contributed by atoms with Gasteiger partial charge in [-0.3, -0.25) is 4.79 Å². The molecular formula is C16H19N7O2. The van der Waals surface area contributed by atoms with E-state index in [4.69, 9.17) is 4.52 Å². The Kier molecular flexibility index (Phi) is 3.90. The average Bonchev–Trinajstić information content (AvgIpc) is 3.28. The summed E-state index contributed by atoms with van der Waals surface area (Å²) < 4.78 is 6.90. The van der Waals surface area contributed by atoms with Gasteiger partial charge in [-0.05, 0) is 18.9 Å². The zero-order valence-corrected chi connectivity index (χ0v) is 14.2. The molecule has 0 aromatic carbocycles. The van der Waals surface area contributed by atoms with Crippen molar-refractivity contribution in [3.8, 4) is 0 Å². The number of piperidine rings is 1. The van der Waals surface area contributed by atoms with E-state index in [0.29, 0.717) is 30.6 Å². The molecule has 1 atom stereocenters. The minimum atomic E-state index is -0.196. The Labute approximate surface area is 144 Å². The van der Waals surface area contributed by atoms with Crippen LogP contribution in [0.3, 0.4) is 0 Å². The monoisotopic (exact) mass is 341 g/mol. The highest BCUT2D eigenvalue weighted by atomic mass is 16.5. The lowest BCUT2D eigenvalue weighted by Gasteiger charge is -2.30. The molecule has 130 valence electrons. The van der Waals surface area contributed by atoms with Crippen LogP contribution in [0.5, 0.6) is 0 Å². The number of fused-ring (bicyclic) bond motifs is 1. The highest BCUT2D eigenvalue weighted by Crippen LogP contribution is 2.27. The lowest BCUT2D eigenvalue weighted by Crippen LogP contribution is -2.39. The van der Waals surface area contributed by atoms with Gasteiger partial charge >= 0.3 is 0 Å². The Morgan fingerprint density at radius 3 is 3.00 bits per heavy atom. The van der Waals surface area contributed by atoms with Crippen LogP contribution in [0, 0.1) is 0 Å². The van der Waals surface area contributed by atoms with Crippen molar-refractivity contribution in [2.75, 3.05) is 13.1 Å². The summed E-state index contributed by atoms with van der Waals surface area (Å²) in [5.41, 5.74) is 0. The molecule has 3 aromatic heterocycles. The van der Waals surface area contributed by atoms with Crippen molar-refractivity contribution in [1.29, 1.82) is 0 Å². The van der Waals surface area contributed by atoms with Gasteiger partial charge in [0.15, 0.2) is 5.82 Å². The van der Waals surface area contributed by atoms with Crippen molar-refractivity contribution in [3.05, 3.63) is 36.0 Å². The molecule has 4 heterocycles. The van der Waals surface area contributed by atoms with Crippen molar-refractivity contribution in [2.45, 2.75) is 38.5 Å². The van der Waals surface area contributed by atoms with Crippen LogP contribution < -0.4 is 0 Å². The van der Waals surface area contributed by atoms with Crippen molar-refractivity contribution >= 4 is 11.7 Å². The maximum absolute atomic E-state index is 12.8. The van der Waals surface area contributed by atoms with Gasteiger partial charge in [0, 0.05) is 31.4 Å². The van der Waals surface area contributed by atoms with Gasteiger partial charge in [0.1, 0.15) is 0 Å². The van der Waals surface area contributed by atoms with Gasteiger partial charge in [0.25, 0.3) is 11.7 Å².